The first kappa shape index (κ1) is 16.1. The van der Waals surface area contributed by atoms with Gasteiger partial charge >= 0.3 is 0 Å². The predicted molar refractivity (Wildman–Crippen MR) is 80.9 cm³/mol. The fourth-order valence-electron chi connectivity index (χ4n) is 2.48. The van der Waals surface area contributed by atoms with Gasteiger partial charge in [-0.2, -0.15) is 0 Å². The lowest BCUT2D eigenvalue weighted by Crippen LogP contribution is -2.44. The SMILES string of the molecule is COc1ccc(O)c(CNC2CCN(S(C)(=O)=O)CC2)c1. The van der Waals surface area contributed by atoms with E-state index in [9.17, 15) is 13.5 Å². The average Bonchev–Trinajstić information content (AvgIpc) is 2.46. The van der Waals surface area contributed by atoms with E-state index in [4.69, 9.17) is 4.74 Å². The van der Waals surface area contributed by atoms with Crippen molar-refractivity contribution in [1.82, 2.24) is 9.62 Å². The van der Waals surface area contributed by atoms with Gasteiger partial charge in [-0.3, -0.25) is 0 Å². The number of aromatic hydroxyl groups is 1. The molecule has 1 aromatic carbocycles. The Labute approximate surface area is 125 Å². The lowest BCUT2D eigenvalue weighted by atomic mass is 10.1. The zero-order valence-electron chi connectivity index (χ0n) is 12.4. The lowest BCUT2D eigenvalue weighted by molar-refractivity contribution is 0.289. The summed E-state index contributed by atoms with van der Waals surface area (Å²) >= 11 is 0. The first-order valence-corrected chi connectivity index (χ1v) is 8.79. The highest BCUT2D eigenvalue weighted by Crippen LogP contribution is 2.23. The minimum atomic E-state index is -3.08. The van der Waals surface area contributed by atoms with E-state index in [-0.39, 0.29) is 11.8 Å². The first-order chi connectivity index (χ1) is 9.90. The quantitative estimate of drug-likeness (QED) is 0.845. The number of ether oxygens (including phenoxy) is 1. The molecule has 118 valence electrons. The summed E-state index contributed by atoms with van der Waals surface area (Å²) in [6.45, 7) is 1.62. The summed E-state index contributed by atoms with van der Waals surface area (Å²) < 4.78 is 29.5. The molecule has 0 saturated carbocycles. The summed E-state index contributed by atoms with van der Waals surface area (Å²) in [7, 11) is -1.50. The van der Waals surface area contributed by atoms with Gasteiger partial charge < -0.3 is 15.2 Å². The van der Waals surface area contributed by atoms with Gasteiger partial charge in [0, 0.05) is 31.2 Å². The average molecular weight is 314 g/mol. The summed E-state index contributed by atoms with van der Waals surface area (Å²) in [5.74, 6) is 0.938. The number of piperidine rings is 1. The van der Waals surface area contributed by atoms with Crippen LogP contribution >= 0.6 is 0 Å². The monoisotopic (exact) mass is 314 g/mol. The number of sulfonamides is 1. The Bertz CT molecular complexity index is 581. The lowest BCUT2D eigenvalue weighted by Gasteiger charge is -2.30. The van der Waals surface area contributed by atoms with Gasteiger partial charge in [0.1, 0.15) is 11.5 Å². The molecule has 1 aliphatic heterocycles. The molecule has 0 aliphatic carbocycles. The van der Waals surface area contributed by atoms with Crippen LogP contribution in [-0.4, -0.2) is 50.3 Å². The molecule has 1 fully saturated rings. The molecule has 2 N–H and O–H groups in total. The standard InChI is InChI=1S/C14H22N2O4S/c1-20-13-3-4-14(17)11(9-13)10-15-12-5-7-16(8-6-12)21(2,18)19/h3-4,9,12,15,17H,5-8,10H2,1-2H3. The summed E-state index contributed by atoms with van der Waals surface area (Å²) in [5, 5.41) is 13.2. The summed E-state index contributed by atoms with van der Waals surface area (Å²) in [4.78, 5) is 0. The number of nitrogens with one attached hydrogen (secondary N) is 1. The molecule has 1 aliphatic rings. The third-order valence-corrected chi connectivity index (χ3v) is 5.09. The van der Waals surface area contributed by atoms with Crippen LogP contribution < -0.4 is 10.1 Å². The van der Waals surface area contributed by atoms with Crippen LogP contribution in [0, 0.1) is 0 Å². The van der Waals surface area contributed by atoms with E-state index in [1.165, 1.54) is 10.6 Å². The largest absolute Gasteiger partial charge is 0.508 e. The molecule has 0 unspecified atom stereocenters. The maximum atomic E-state index is 11.4. The van der Waals surface area contributed by atoms with Crippen molar-refractivity contribution < 1.29 is 18.3 Å². The highest BCUT2D eigenvalue weighted by atomic mass is 32.2. The molecule has 0 bridgehead atoms. The fraction of sp³-hybridized carbons (Fsp3) is 0.571. The molecular weight excluding hydrogens is 292 g/mol. The number of methoxy groups -OCH3 is 1. The molecule has 1 aromatic rings. The van der Waals surface area contributed by atoms with E-state index in [2.05, 4.69) is 5.32 Å². The predicted octanol–water partition coefficient (Wildman–Crippen LogP) is 0.914. The van der Waals surface area contributed by atoms with Gasteiger partial charge in [-0.15, -0.1) is 0 Å². The van der Waals surface area contributed by atoms with Crippen molar-refractivity contribution in [2.45, 2.75) is 25.4 Å². The normalized spacial score (nSPS) is 17.8. The minimum absolute atomic E-state index is 0.233. The number of phenolic OH excluding ortho intramolecular Hbond substituents is 1. The highest BCUT2D eigenvalue weighted by molar-refractivity contribution is 7.88. The first-order valence-electron chi connectivity index (χ1n) is 6.94. The third kappa shape index (κ3) is 4.33. The van der Waals surface area contributed by atoms with Crippen molar-refractivity contribution in [3.63, 3.8) is 0 Å². The van der Waals surface area contributed by atoms with Gasteiger partial charge in [0.25, 0.3) is 0 Å². The van der Waals surface area contributed by atoms with E-state index in [0.717, 1.165) is 18.4 Å². The van der Waals surface area contributed by atoms with Gasteiger partial charge in [0.15, 0.2) is 0 Å². The molecule has 0 atom stereocenters. The van der Waals surface area contributed by atoms with Crippen molar-refractivity contribution in [3.05, 3.63) is 23.8 Å². The van der Waals surface area contributed by atoms with Crippen LogP contribution in [0.4, 0.5) is 0 Å². The summed E-state index contributed by atoms with van der Waals surface area (Å²) in [6.07, 6.45) is 2.80. The van der Waals surface area contributed by atoms with Gasteiger partial charge in [-0.25, -0.2) is 12.7 Å². The Kier molecular flexibility index (Phi) is 5.08. The zero-order valence-corrected chi connectivity index (χ0v) is 13.2. The highest BCUT2D eigenvalue weighted by Gasteiger charge is 2.24. The van der Waals surface area contributed by atoms with E-state index < -0.39 is 10.0 Å². The molecule has 2 rings (SSSR count). The second-order valence-electron chi connectivity index (χ2n) is 5.31. The molecule has 0 aromatic heterocycles. The van der Waals surface area contributed by atoms with Gasteiger partial charge in [-0.1, -0.05) is 0 Å². The summed E-state index contributed by atoms with van der Waals surface area (Å²) in [6, 6.07) is 5.38. The van der Waals surface area contributed by atoms with Crippen LogP contribution in [0.3, 0.4) is 0 Å². The van der Waals surface area contributed by atoms with E-state index in [0.29, 0.717) is 25.4 Å². The maximum absolute atomic E-state index is 11.4. The zero-order chi connectivity index (χ0) is 15.5. The van der Waals surface area contributed by atoms with E-state index >= 15 is 0 Å². The Morgan fingerprint density at radius 1 is 1.38 bits per heavy atom. The fourth-order valence-corrected chi connectivity index (χ4v) is 3.35. The van der Waals surface area contributed by atoms with Crippen molar-refractivity contribution in [3.8, 4) is 11.5 Å². The van der Waals surface area contributed by atoms with Crippen LogP contribution in [0.5, 0.6) is 11.5 Å². The Hall–Kier alpha value is -1.31. The minimum Gasteiger partial charge on any atom is -0.508 e. The van der Waals surface area contributed by atoms with Gasteiger partial charge in [0.05, 0.1) is 13.4 Å². The molecule has 6 nitrogen and oxygen atoms in total. The number of benzene rings is 1. The number of hydrogen-bond donors (Lipinski definition) is 2. The third-order valence-electron chi connectivity index (χ3n) is 3.79. The van der Waals surface area contributed by atoms with Crippen LogP contribution in [0.2, 0.25) is 0 Å². The van der Waals surface area contributed by atoms with Crippen LogP contribution in [0.25, 0.3) is 0 Å². The summed E-state index contributed by atoms with van der Waals surface area (Å²) in [5.41, 5.74) is 0.778. The van der Waals surface area contributed by atoms with Crippen molar-refractivity contribution >= 4 is 10.0 Å². The molecule has 0 spiro atoms. The number of phenols is 1. The van der Waals surface area contributed by atoms with Crippen LogP contribution in [0.1, 0.15) is 18.4 Å². The Morgan fingerprint density at radius 2 is 2.05 bits per heavy atom. The van der Waals surface area contributed by atoms with E-state index in [1.54, 1.807) is 25.3 Å². The molecule has 7 heteroatoms. The van der Waals surface area contributed by atoms with Gasteiger partial charge in [0.2, 0.25) is 10.0 Å². The smallest absolute Gasteiger partial charge is 0.211 e. The molecule has 1 saturated heterocycles. The Balaban J connectivity index is 1.88. The maximum Gasteiger partial charge on any atom is 0.211 e. The molecule has 0 amide bonds. The van der Waals surface area contributed by atoms with Crippen molar-refractivity contribution in [1.29, 1.82) is 0 Å². The van der Waals surface area contributed by atoms with Crippen molar-refractivity contribution in [2.24, 2.45) is 0 Å². The molecule has 0 radical (unpaired) electrons. The van der Waals surface area contributed by atoms with Crippen molar-refractivity contribution in [2.75, 3.05) is 26.5 Å². The second kappa shape index (κ2) is 6.64. The molecular formula is C14H22N2O4S. The van der Waals surface area contributed by atoms with Crippen LogP contribution in [-0.2, 0) is 16.6 Å². The number of nitrogens with zero attached hydrogens (tertiary/aromatic N) is 1. The van der Waals surface area contributed by atoms with E-state index in [1.807, 2.05) is 0 Å². The number of rotatable bonds is 5. The number of hydrogen-bond acceptors (Lipinski definition) is 5. The van der Waals surface area contributed by atoms with Crippen LogP contribution in [0.15, 0.2) is 18.2 Å². The topological polar surface area (TPSA) is 78.9 Å². The molecule has 1 heterocycles. The Morgan fingerprint density at radius 3 is 2.62 bits per heavy atom. The second-order valence-corrected chi connectivity index (χ2v) is 7.29. The van der Waals surface area contributed by atoms with Gasteiger partial charge in [-0.05, 0) is 31.0 Å². The molecule has 21 heavy (non-hydrogen) atoms.